The fourth-order valence-electron chi connectivity index (χ4n) is 4.96. The number of hydrogen-bond acceptors (Lipinski definition) is 8. The molecular formula is C32H20N6O6. The molecule has 12 heteroatoms. The summed E-state index contributed by atoms with van der Waals surface area (Å²) in [6.07, 6.45) is 2.95. The molecule has 2 aromatic heterocycles. The van der Waals surface area contributed by atoms with E-state index >= 15 is 0 Å². The Morgan fingerprint density at radius 1 is 0.568 bits per heavy atom. The van der Waals surface area contributed by atoms with E-state index in [0.29, 0.717) is 21.8 Å². The monoisotopic (exact) mass is 584 g/mol. The number of carbonyl (C=O) groups is 2. The summed E-state index contributed by atoms with van der Waals surface area (Å²) >= 11 is 0. The number of hydrogen-bond donors (Lipinski definition) is 2. The number of pyridine rings is 2. The summed E-state index contributed by atoms with van der Waals surface area (Å²) in [6, 6.07) is 25.0. The lowest BCUT2D eigenvalue weighted by atomic mass is 9.92. The van der Waals surface area contributed by atoms with E-state index in [1.54, 1.807) is 48.5 Å². The third-order valence-electron chi connectivity index (χ3n) is 6.92. The second-order valence-electron chi connectivity index (χ2n) is 9.65. The van der Waals surface area contributed by atoms with Gasteiger partial charge in [0.25, 0.3) is 23.2 Å². The maximum atomic E-state index is 13.9. The molecule has 0 aliphatic heterocycles. The summed E-state index contributed by atoms with van der Waals surface area (Å²) in [5, 5.41) is 29.1. The van der Waals surface area contributed by atoms with E-state index in [-0.39, 0.29) is 45.0 Å². The highest BCUT2D eigenvalue weighted by Gasteiger charge is 2.25. The molecule has 2 heterocycles. The lowest BCUT2D eigenvalue weighted by molar-refractivity contribution is -0.385. The van der Waals surface area contributed by atoms with Crippen LogP contribution in [0.15, 0.2) is 109 Å². The van der Waals surface area contributed by atoms with Crippen LogP contribution in [0, 0.1) is 20.2 Å². The Balaban J connectivity index is 1.53. The number of anilines is 2. The average molecular weight is 585 g/mol. The van der Waals surface area contributed by atoms with Gasteiger partial charge >= 0.3 is 0 Å². The van der Waals surface area contributed by atoms with Crippen LogP contribution in [0.1, 0.15) is 20.7 Å². The Bertz CT molecular complexity index is 2000. The highest BCUT2D eigenvalue weighted by Crippen LogP contribution is 2.35. The number of carbonyl (C=O) groups excluding carboxylic acids is 2. The van der Waals surface area contributed by atoms with Crippen LogP contribution in [0.3, 0.4) is 0 Å². The first-order chi connectivity index (χ1) is 21.3. The number of nitrogens with zero attached hydrogens (tertiary/aromatic N) is 4. The summed E-state index contributed by atoms with van der Waals surface area (Å²) in [6.45, 7) is 0. The number of amides is 2. The molecule has 6 aromatic rings. The summed E-state index contributed by atoms with van der Waals surface area (Å²) < 4.78 is 0. The first kappa shape index (κ1) is 27.6. The molecule has 2 amide bonds. The average Bonchev–Trinajstić information content (AvgIpc) is 3.03. The zero-order valence-corrected chi connectivity index (χ0v) is 22.6. The topological polar surface area (TPSA) is 170 Å². The smallest absolute Gasteiger partial charge is 0.271 e. The Morgan fingerprint density at radius 3 is 1.39 bits per heavy atom. The van der Waals surface area contributed by atoms with Gasteiger partial charge in [-0.3, -0.25) is 39.8 Å². The fraction of sp³-hybridized carbons (Fsp3) is 0. The van der Waals surface area contributed by atoms with Crippen LogP contribution in [0.4, 0.5) is 22.7 Å². The van der Waals surface area contributed by atoms with Gasteiger partial charge in [0.1, 0.15) is 0 Å². The number of rotatable bonds is 7. The molecular weight excluding hydrogens is 564 g/mol. The van der Waals surface area contributed by atoms with E-state index in [2.05, 4.69) is 20.6 Å². The molecule has 4 aromatic carbocycles. The third-order valence-corrected chi connectivity index (χ3v) is 6.92. The van der Waals surface area contributed by atoms with Crippen molar-refractivity contribution in [1.29, 1.82) is 0 Å². The number of benzene rings is 4. The molecule has 44 heavy (non-hydrogen) atoms. The largest absolute Gasteiger partial charge is 0.322 e. The Morgan fingerprint density at radius 2 is 0.977 bits per heavy atom. The van der Waals surface area contributed by atoms with Crippen molar-refractivity contribution in [2.24, 2.45) is 0 Å². The fourth-order valence-corrected chi connectivity index (χ4v) is 4.96. The number of nitro benzene ring substituents is 2. The number of nitrogens with one attached hydrogen (secondary N) is 2. The minimum atomic E-state index is -0.586. The van der Waals surface area contributed by atoms with E-state index in [1.807, 2.05) is 0 Å². The molecule has 0 radical (unpaired) electrons. The van der Waals surface area contributed by atoms with Gasteiger partial charge in [-0.25, -0.2) is 0 Å². The van der Waals surface area contributed by atoms with E-state index in [0.717, 1.165) is 0 Å². The number of aromatic nitrogens is 2. The van der Waals surface area contributed by atoms with Crippen molar-refractivity contribution >= 4 is 56.4 Å². The summed E-state index contributed by atoms with van der Waals surface area (Å²) in [4.78, 5) is 58.5. The van der Waals surface area contributed by atoms with Gasteiger partial charge < -0.3 is 10.6 Å². The molecule has 0 aliphatic rings. The predicted molar refractivity (Wildman–Crippen MR) is 165 cm³/mol. The van der Waals surface area contributed by atoms with Crippen LogP contribution in [0.5, 0.6) is 0 Å². The number of non-ortho nitro benzene ring substituents is 2. The van der Waals surface area contributed by atoms with Crippen molar-refractivity contribution in [2.45, 2.75) is 0 Å². The predicted octanol–water partition coefficient (Wildman–Crippen LogP) is 6.77. The Labute approximate surface area is 248 Å². The van der Waals surface area contributed by atoms with Crippen LogP contribution in [-0.2, 0) is 0 Å². The molecule has 0 aliphatic carbocycles. The van der Waals surface area contributed by atoms with E-state index in [1.165, 1.54) is 60.9 Å². The van der Waals surface area contributed by atoms with Crippen LogP contribution >= 0.6 is 0 Å². The van der Waals surface area contributed by atoms with Gasteiger partial charge in [-0.15, -0.1) is 0 Å². The molecule has 2 N–H and O–H groups in total. The van der Waals surface area contributed by atoms with Crippen LogP contribution in [-0.4, -0.2) is 31.6 Å². The summed E-state index contributed by atoms with van der Waals surface area (Å²) in [7, 11) is 0. The quantitative estimate of drug-likeness (QED) is 0.153. The maximum absolute atomic E-state index is 13.9. The maximum Gasteiger partial charge on any atom is 0.271 e. The minimum absolute atomic E-state index is 0.170. The standard InChI is InChI=1S/C32H20N6O6/c39-31(35-19-7-5-9-21(15-19)37(41)42)29-23-11-1-3-13-27(23)33-17-25(29)26-18-34-28-14-4-2-12-24(28)30(26)32(40)36-20-8-6-10-22(16-20)38(43)44/h1-18H,(H,35,39)(H,36,40). The highest BCUT2D eigenvalue weighted by atomic mass is 16.6. The van der Waals surface area contributed by atoms with Crippen molar-refractivity contribution in [1.82, 2.24) is 9.97 Å². The molecule has 6 rings (SSSR count). The van der Waals surface area contributed by atoms with Gasteiger partial charge in [-0.05, 0) is 24.3 Å². The number of para-hydroxylation sites is 2. The van der Waals surface area contributed by atoms with Gasteiger partial charge in [-0.2, -0.15) is 0 Å². The van der Waals surface area contributed by atoms with Gasteiger partial charge in [0, 0.05) is 69.9 Å². The molecule has 0 fully saturated rings. The minimum Gasteiger partial charge on any atom is -0.322 e. The van der Waals surface area contributed by atoms with Crippen LogP contribution in [0.2, 0.25) is 0 Å². The normalized spacial score (nSPS) is 10.8. The van der Waals surface area contributed by atoms with Crippen LogP contribution in [0.25, 0.3) is 32.9 Å². The zero-order chi connectivity index (χ0) is 30.8. The van der Waals surface area contributed by atoms with Crippen LogP contribution < -0.4 is 10.6 Å². The molecule has 0 saturated carbocycles. The first-order valence-electron chi connectivity index (χ1n) is 13.2. The van der Waals surface area contributed by atoms with Crippen molar-refractivity contribution < 1.29 is 19.4 Å². The molecule has 0 unspecified atom stereocenters. The second kappa shape index (κ2) is 11.4. The molecule has 12 nitrogen and oxygen atoms in total. The van der Waals surface area contributed by atoms with Gasteiger partial charge in [0.05, 0.1) is 32.0 Å². The molecule has 0 spiro atoms. The molecule has 214 valence electrons. The van der Waals surface area contributed by atoms with Gasteiger partial charge in [-0.1, -0.05) is 48.5 Å². The lowest BCUT2D eigenvalue weighted by Gasteiger charge is -2.17. The van der Waals surface area contributed by atoms with E-state index in [9.17, 15) is 29.8 Å². The van der Waals surface area contributed by atoms with Crippen molar-refractivity contribution in [3.63, 3.8) is 0 Å². The summed E-state index contributed by atoms with van der Waals surface area (Å²) in [5.41, 5.74) is 1.96. The highest BCUT2D eigenvalue weighted by molar-refractivity contribution is 6.21. The zero-order valence-electron chi connectivity index (χ0n) is 22.6. The summed E-state index contributed by atoms with van der Waals surface area (Å²) in [5.74, 6) is -1.17. The SMILES string of the molecule is O=C(Nc1cccc([N+](=O)[O-])c1)c1c(-c2cnc3ccccc3c2C(=O)Nc2cccc([N+](=O)[O-])c2)cnc2ccccc12. The number of fused-ring (bicyclic) bond motifs is 2. The second-order valence-corrected chi connectivity index (χ2v) is 9.65. The van der Waals surface area contributed by atoms with E-state index < -0.39 is 21.7 Å². The van der Waals surface area contributed by atoms with Crippen molar-refractivity contribution in [3.8, 4) is 11.1 Å². The number of nitro groups is 2. The lowest BCUT2D eigenvalue weighted by Crippen LogP contribution is -2.17. The Hall–Kier alpha value is -6.56. The molecule has 0 saturated heterocycles. The Kier molecular flexibility index (Phi) is 7.13. The van der Waals surface area contributed by atoms with E-state index in [4.69, 9.17) is 0 Å². The van der Waals surface area contributed by atoms with Crippen molar-refractivity contribution in [2.75, 3.05) is 10.6 Å². The third kappa shape index (κ3) is 5.25. The van der Waals surface area contributed by atoms with Gasteiger partial charge in [0.15, 0.2) is 0 Å². The first-order valence-corrected chi connectivity index (χ1v) is 13.2. The molecule has 0 bridgehead atoms. The van der Waals surface area contributed by atoms with Gasteiger partial charge in [0.2, 0.25) is 0 Å². The molecule has 0 atom stereocenters. The van der Waals surface area contributed by atoms with Crippen molar-refractivity contribution in [3.05, 3.63) is 141 Å².